The topological polar surface area (TPSA) is 91.9 Å². The van der Waals surface area contributed by atoms with Crippen LogP contribution in [-0.4, -0.2) is 52.5 Å². The maximum atomic E-state index is 5.14. The molecule has 0 saturated heterocycles. The first-order valence-electron chi connectivity index (χ1n) is 8.43. The predicted octanol–water partition coefficient (Wildman–Crippen LogP) is 3.30. The van der Waals surface area contributed by atoms with E-state index in [0.29, 0.717) is 6.61 Å². The van der Waals surface area contributed by atoms with E-state index in [1.165, 1.54) is 11.3 Å². The molecule has 27 heavy (non-hydrogen) atoms. The number of H-pyrrole nitrogens is 1. The van der Waals surface area contributed by atoms with Gasteiger partial charge in [0.25, 0.3) is 0 Å². The molecule has 0 radical (unpaired) electrons. The summed E-state index contributed by atoms with van der Waals surface area (Å²) in [5, 5.41) is 10.8. The van der Waals surface area contributed by atoms with Crippen molar-refractivity contribution in [2.24, 2.45) is 0 Å². The van der Waals surface area contributed by atoms with Crippen LogP contribution >= 0.6 is 11.3 Å². The number of nitrogens with zero attached hydrogens (tertiary/aromatic N) is 5. The first kappa shape index (κ1) is 17.4. The number of fused-ring (bicyclic) bond motifs is 1. The average Bonchev–Trinajstić information content (AvgIpc) is 3.35. The summed E-state index contributed by atoms with van der Waals surface area (Å²) in [4.78, 5) is 16.6. The second-order valence-corrected chi connectivity index (χ2v) is 6.94. The third-order valence-corrected chi connectivity index (χ3v) is 4.98. The van der Waals surface area contributed by atoms with E-state index >= 15 is 0 Å². The Kier molecular flexibility index (Phi) is 4.95. The van der Waals surface area contributed by atoms with Crippen LogP contribution in [0.1, 0.15) is 0 Å². The Bertz CT molecular complexity index is 1030. The molecule has 4 aromatic heterocycles. The number of thiazole rings is 1. The van der Waals surface area contributed by atoms with Gasteiger partial charge >= 0.3 is 0 Å². The highest BCUT2D eigenvalue weighted by Crippen LogP contribution is 2.29. The molecular formula is C18H19N7OS. The molecule has 0 unspecified atom stereocenters. The van der Waals surface area contributed by atoms with Gasteiger partial charge in [0.2, 0.25) is 0 Å². The molecular weight excluding hydrogens is 362 g/mol. The number of hydrogen-bond acceptors (Lipinski definition) is 8. The third kappa shape index (κ3) is 3.88. The lowest BCUT2D eigenvalue weighted by Crippen LogP contribution is -2.22. The molecule has 4 heterocycles. The SMILES string of the molecule is COCCN(C)c1ccnc(Nc2nc3ccc(-c4cn[nH]c4)nc3s2)c1. The maximum absolute atomic E-state index is 5.14. The van der Waals surface area contributed by atoms with Crippen LogP contribution in [-0.2, 0) is 4.74 Å². The zero-order chi connectivity index (χ0) is 18.6. The second-order valence-electron chi connectivity index (χ2n) is 5.97. The molecule has 0 fully saturated rings. The Morgan fingerprint density at radius 2 is 2.19 bits per heavy atom. The number of aromatic amines is 1. The van der Waals surface area contributed by atoms with E-state index in [9.17, 15) is 0 Å². The van der Waals surface area contributed by atoms with Crippen molar-refractivity contribution in [2.45, 2.75) is 0 Å². The van der Waals surface area contributed by atoms with E-state index in [2.05, 4.69) is 35.4 Å². The number of aromatic nitrogens is 5. The van der Waals surface area contributed by atoms with Crippen LogP contribution in [0.4, 0.5) is 16.6 Å². The smallest absolute Gasteiger partial charge is 0.190 e. The van der Waals surface area contributed by atoms with Gasteiger partial charge in [-0.25, -0.2) is 15.0 Å². The van der Waals surface area contributed by atoms with Gasteiger partial charge in [0, 0.05) is 50.4 Å². The van der Waals surface area contributed by atoms with Gasteiger partial charge < -0.3 is 15.0 Å². The molecule has 2 N–H and O–H groups in total. The predicted molar refractivity (Wildman–Crippen MR) is 108 cm³/mol. The molecule has 0 saturated carbocycles. The normalized spacial score (nSPS) is 11.0. The molecule has 0 bridgehead atoms. The lowest BCUT2D eigenvalue weighted by molar-refractivity contribution is 0.206. The van der Waals surface area contributed by atoms with Crippen molar-refractivity contribution in [1.29, 1.82) is 0 Å². The largest absolute Gasteiger partial charge is 0.383 e. The number of nitrogens with one attached hydrogen (secondary N) is 2. The first-order chi connectivity index (χ1) is 13.2. The van der Waals surface area contributed by atoms with Crippen molar-refractivity contribution < 1.29 is 4.74 Å². The van der Waals surface area contributed by atoms with Gasteiger partial charge in [-0.2, -0.15) is 5.10 Å². The minimum Gasteiger partial charge on any atom is -0.383 e. The van der Waals surface area contributed by atoms with Crippen molar-refractivity contribution in [1.82, 2.24) is 25.1 Å². The van der Waals surface area contributed by atoms with Gasteiger partial charge in [-0.05, 0) is 18.2 Å². The van der Waals surface area contributed by atoms with Crippen LogP contribution in [0.2, 0.25) is 0 Å². The van der Waals surface area contributed by atoms with Gasteiger partial charge in [0.05, 0.1) is 18.5 Å². The zero-order valence-electron chi connectivity index (χ0n) is 15.0. The highest BCUT2D eigenvalue weighted by atomic mass is 32.1. The van der Waals surface area contributed by atoms with E-state index in [0.717, 1.165) is 44.8 Å². The molecule has 0 spiro atoms. The van der Waals surface area contributed by atoms with E-state index in [4.69, 9.17) is 4.74 Å². The molecule has 138 valence electrons. The molecule has 4 rings (SSSR count). The molecule has 0 aromatic carbocycles. The summed E-state index contributed by atoms with van der Waals surface area (Å²) >= 11 is 1.49. The summed E-state index contributed by atoms with van der Waals surface area (Å²) in [6.45, 7) is 1.48. The van der Waals surface area contributed by atoms with Crippen molar-refractivity contribution in [3.63, 3.8) is 0 Å². The number of methoxy groups -OCH3 is 1. The number of likely N-dealkylation sites (N-methyl/N-ethyl adjacent to an activating group) is 1. The fourth-order valence-electron chi connectivity index (χ4n) is 2.61. The Balaban J connectivity index is 1.55. The van der Waals surface area contributed by atoms with Crippen molar-refractivity contribution in [3.05, 3.63) is 42.9 Å². The van der Waals surface area contributed by atoms with Gasteiger partial charge in [-0.3, -0.25) is 5.10 Å². The second kappa shape index (κ2) is 7.68. The Labute approximate surface area is 160 Å². The number of anilines is 3. The van der Waals surface area contributed by atoms with Crippen molar-refractivity contribution >= 4 is 38.3 Å². The summed E-state index contributed by atoms with van der Waals surface area (Å²) in [5.41, 5.74) is 3.73. The summed E-state index contributed by atoms with van der Waals surface area (Å²) in [6.07, 6.45) is 5.36. The highest BCUT2D eigenvalue weighted by Gasteiger charge is 2.09. The van der Waals surface area contributed by atoms with Crippen LogP contribution in [0.3, 0.4) is 0 Å². The van der Waals surface area contributed by atoms with E-state index in [1.54, 1.807) is 19.5 Å². The minimum absolute atomic E-state index is 0.671. The number of hydrogen-bond donors (Lipinski definition) is 2. The molecule has 4 aromatic rings. The van der Waals surface area contributed by atoms with Gasteiger partial charge in [-0.15, -0.1) is 0 Å². The van der Waals surface area contributed by atoms with Crippen LogP contribution in [0.25, 0.3) is 21.6 Å². The van der Waals surface area contributed by atoms with Crippen LogP contribution < -0.4 is 10.2 Å². The Morgan fingerprint density at radius 3 is 3.00 bits per heavy atom. The lowest BCUT2D eigenvalue weighted by Gasteiger charge is -2.19. The zero-order valence-corrected chi connectivity index (χ0v) is 15.8. The average molecular weight is 381 g/mol. The molecule has 0 amide bonds. The minimum atomic E-state index is 0.671. The Hall–Kier alpha value is -3.04. The van der Waals surface area contributed by atoms with Gasteiger partial charge in [0.15, 0.2) is 5.13 Å². The molecule has 0 aliphatic rings. The summed E-state index contributed by atoms with van der Waals surface area (Å²) < 4.78 is 5.14. The number of pyridine rings is 2. The van der Waals surface area contributed by atoms with E-state index in [1.807, 2.05) is 37.5 Å². The standard InChI is InChI=1S/C18H19N7OS/c1-25(7-8-26-2)13-5-6-19-16(9-13)24-18-23-15-4-3-14(22-17(15)27-18)12-10-20-21-11-12/h3-6,9-11H,7-8H2,1-2H3,(H,20,21)(H,19,23,24). The van der Waals surface area contributed by atoms with Crippen LogP contribution in [0, 0.1) is 0 Å². The molecule has 8 nitrogen and oxygen atoms in total. The summed E-state index contributed by atoms with van der Waals surface area (Å²) in [5.74, 6) is 0.742. The van der Waals surface area contributed by atoms with Crippen molar-refractivity contribution in [3.8, 4) is 11.3 Å². The molecule has 9 heteroatoms. The van der Waals surface area contributed by atoms with Gasteiger partial charge in [0.1, 0.15) is 16.2 Å². The quantitative estimate of drug-likeness (QED) is 0.507. The third-order valence-electron chi connectivity index (χ3n) is 4.10. The Morgan fingerprint density at radius 1 is 1.26 bits per heavy atom. The lowest BCUT2D eigenvalue weighted by atomic mass is 10.2. The fourth-order valence-corrected chi connectivity index (χ4v) is 3.46. The van der Waals surface area contributed by atoms with Crippen LogP contribution in [0.15, 0.2) is 42.9 Å². The molecule has 0 aliphatic heterocycles. The highest BCUT2D eigenvalue weighted by molar-refractivity contribution is 7.21. The van der Waals surface area contributed by atoms with Gasteiger partial charge in [-0.1, -0.05) is 11.3 Å². The number of rotatable bonds is 7. The number of ether oxygens (including phenoxy) is 1. The summed E-state index contributed by atoms with van der Waals surface area (Å²) in [7, 11) is 3.73. The molecule has 0 aliphatic carbocycles. The maximum Gasteiger partial charge on any atom is 0.190 e. The van der Waals surface area contributed by atoms with E-state index in [-0.39, 0.29) is 0 Å². The monoisotopic (exact) mass is 381 g/mol. The fraction of sp³-hybridized carbons (Fsp3) is 0.222. The summed E-state index contributed by atoms with van der Waals surface area (Å²) in [6, 6.07) is 7.87. The van der Waals surface area contributed by atoms with Crippen LogP contribution in [0.5, 0.6) is 0 Å². The first-order valence-corrected chi connectivity index (χ1v) is 9.24. The van der Waals surface area contributed by atoms with Crippen molar-refractivity contribution in [2.75, 3.05) is 37.5 Å². The molecule has 0 atom stereocenters. The van der Waals surface area contributed by atoms with E-state index < -0.39 is 0 Å².